The molecule has 1 saturated heterocycles. The molecular weight excluding hydrogens is 414 g/mol. The Morgan fingerprint density at radius 1 is 1.26 bits per heavy atom. The molecule has 3 unspecified atom stereocenters. The summed E-state index contributed by atoms with van der Waals surface area (Å²) in [5.41, 5.74) is 7.24. The predicted molar refractivity (Wildman–Crippen MR) is 117 cm³/mol. The fraction of sp³-hybridized carbons (Fsp3) is 0.455. The van der Waals surface area contributed by atoms with Crippen LogP contribution in [-0.4, -0.2) is 45.1 Å². The van der Waals surface area contributed by atoms with Crippen LogP contribution in [0.25, 0.3) is 10.2 Å². The number of rotatable bonds is 6. The van der Waals surface area contributed by atoms with E-state index in [-0.39, 0.29) is 6.10 Å². The van der Waals surface area contributed by atoms with Gasteiger partial charge in [-0.3, -0.25) is 9.88 Å². The van der Waals surface area contributed by atoms with Crippen molar-refractivity contribution in [1.82, 2.24) is 19.9 Å². The van der Waals surface area contributed by atoms with Crippen molar-refractivity contribution in [3.63, 3.8) is 0 Å². The molecule has 0 spiro atoms. The van der Waals surface area contributed by atoms with E-state index in [2.05, 4.69) is 32.0 Å². The average Bonchev–Trinajstić information content (AvgIpc) is 3.44. The standard InChI is InChI=1S/C22H25N5O3S/c1-13-25-20(17-6-7-31-21(17)26-13)29-12-14-2-4-16(24-8-14)10-27-9-15-3-5-19(18(15)11-27)30-22(23)28/h2,4,6-8,15,18-19H,3,5,9-12H2,1H3,(H2,23,28). The quantitative estimate of drug-likeness (QED) is 0.629. The lowest BCUT2D eigenvalue weighted by atomic mass is 9.99. The van der Waals surface area contributed by atoms with Gasteiger partial charge in [0, 0.05) is 37.3 Å². The van der Waals surface area contributed by atoms with Crippen LogP contribution in [0, 0.1) is 18.8 Å². The number of hydrogen-bond acceptors (Lipinski definition) is 8. The van der Waals surface area contributed by atoms with E-state index < -0.39 is 6.09 Å². The Morgan fingerprint density at radius 2 is 2.16 bits per heavy atom. The molecule has 3 aromatic rings. The number of hydrogen-bond donors (Lipinski definition) is 1. The summed E-state index contributed by atoms with van der Waals surface area (Å²) in [7, 11) is 0. The lowest BCUT2D eigenvalue weighted by Gasteiger charge is -2.20. The van der Waals surface area contributed by atoms with Crippen LogP contribution in [0.5, 0.6) is 5.88 Å². The molecule has 9 heteroatoms. The number of carbonyl (C=O) groups is 1. The van der Waals surface area contributed by atoms with Crippen molar-refractivity contribution in [1.29, 1.82) is 0 Å². The topological polar surface area (TPSA) is 103 Å². The van der Waals surface area contributed by atoms with Gasteiger partial charge in [0.2, 0.25) is 5.88 Å². The molecule has 0 bridgehead atoms. The molecule has 8 nitrogen and oxygen atoms in total. The molecule has 5 rings (SSSR count). The zero-order chi connectivity index (χ0) is 21.4. The number of primary amides is 1. The van der Waals surface area contributed by atoms with Crippen LogP contribution in [0.3, 0.4) is 0 Å². The first-order valence-electron chi connectivity index (χ1n) is 10.5. The maximum Gasteiger partial charge on any atom is 0.404 e. The molecule has 3 atom stereocenters. The van der Waals surface area contributed by atoms with Crippen LogP contribution >= 0.6 is 11.3 Å². The number of thiophene rings is 1. The van der Waals surface area contributed by atoms with Gasteiger partial charge in [-0.25, -0.2) is 9.78 Å². The van der Waals surface area contributed by atoms with Crippen LogP contribution in [0.1, 0.15) is 29.9 Å². The van der Waals surface area contributed by atoms with E-state index in [4.69, 9.17) is 15.2 Å². The molecule has 4 heterocycles. The first kappa shape index (κ1) is 20.1. The molecule has 0 radical (unpaired) electrons. The van der Waals surface area contributed by atoms with Gasteiger partial charge in [0.1, 0.15) is 23.4 Å². The van der Waals surface area contributed by atoms with Gasteiger partial charge in [-0.2, -0.15) is 4.98 Å². The third-order valence-electron chi connectivity index (χ3n) is 6.18. The van der Waals surface area contributed by atoms with Gasteiger partial charge in [0.15, 0.2) is 0 Å². The highest BCUT2D eigenvalue weighted by molar-refractivity contribution is 7.16. The molecule has 31 heavy (non-hydrogen) atoms. The Morgan fingerprint density at radius 3 is 2.97 bits per heavy atom. The second kappa shape index (κ2) is 8.39. The van der Waals surface area contributed by atoms with Gasteiger partial charge in [0.05, 0.1) is 11.1 Å². The molecule has 1 aliphatic carbocycles. The first-order valence-corrected chi connectivity index (χ1v) is 11.4. The number of ether oxygens (including phenoxy) is 2. The molecule has 2 N–H and O–H groups in total. The summed E-state index contributed by atoms with van der Waals surface area (Å²) in [6, 6.07) is 6.09. The summed E-state index contributed by atoms with van der Waals surface area (Å²) in [6.45, 7) is 5.00. The second-order valence-electron chi connectivity index (χ2n) is 8.33. The molecular formula is C22H25N5O3S. The van der Waals surface area contributed by atoms with Crippen LogP contribution in [0.2, 0.25) is 0 Å². The lowest BCUT2D eigenvalue weighted by Crippen LogP contribution is -2.30. The summed E-state index contributed by atoms with van der Waals surface area (Å²) in [5.74, 6) is 2.27. The van der Waals surface area contributed by atoms with E-state index >= 15 is 0 Å². The van der Waals surface area contributed by atoms with E-state index in [9.17, 15) is 4.79 Å². The molecule has 2 fully saturated rings. The normalized spacial score (nSPS) is 23.2. The number of nitrogens with two attached hydrogens (primary N) is 1. The molecule has 1 saturated carbocycles. The van der Waals surface area contributed by atoms with Crippen molar-refractivity contribution < 1.29 is 14.3 Å². The Kier molecular flexibility index (Phi) is 5.45. The Balaban J connectivity index is 1.17. The molecule has 3 aromatic heterocycles. The van der Waals surface area contributed by atoms with Crippen molar-refractivity contribution in [2.45, 2.75) is 39.0 Å². The number of amides is 1. The second-order valence-corrected chi connectivity index (χ2v) is 9.23. The summed E-state index contributed by atoms with van der Waals surface area (Å²) in [5, 5.41) is 2.94. The summed E-state index contributed by atoms with van der Waals surface area (Å²) < 4.78 is 11.3. The third kappa shape index (κ3) is 4.33. The van der Waals surface area contributed by atoms with Crippen molar-refractivity contribution >= 4 is 27.6 Å². The Bertz CT molecular complexity index is 1090. The minimum absolute atomic E-state index is 0.0416. The van der Waals surface area contributed by atoms with E-state index in [0.29, 0.717) is 30.1 Å². The van der Waals surface area contributed by atoms with Gasteiger partial charge >= 0.3 is 6.09 Å². The number of carbonyl (C=O) groups excluding carboxylic acids is 1. The number of nitrogens with zero attached hydrogens (tertiary/aromatic N) is 4. The molecule has 162 valence electrons. The van der Waals surface area contributed by atoms with Gasteiger partial charge in [-0.1, -0.05) is 6.07 Å². The van der Waals surface area contributed by atoms with E-state index in [1.165, 1.54) is 0 Å². The summed E-state index contributed by atoms with van der Waals surface area (Å²) in [4.78, 5) is 27.9. The van der Waals surface area contributed by atoms with Gasteiger partial charge in [-0.15, -0.1) is 11.3 Å². The largest absolute Gasteiger partial charge is 0.472 e. The lowest BCUT2D eigenvalue weighted by molar-refractivity contribution is 0.0789. The van der Waals surface area contributed by atoms with Crippen LogP contribution < -0.4 is 10.5 Å². The van der Waals surface area contributed by atoms with Crippen LogP contribution in [0.15, 0.2) is 29.8 Å². The first-order chi connectivity index (χ1) is 15.0. The van der Waals surface area contributed by atoms with Crippen molar-refractivity contribution in [3.8, 4) is 5.88 Å². The van der Waals surface area contributed by atoms with Crippen molar-refractivity contribution in [2.24, 2.45) is 17.6 Å². The van der Waals surface area contributed by atoms with Crippen LogP contribution in [-0.2, 0) is 17.9 Å². The maximum atomic E-state index is 11.1. The Hall–Kier alpha value is -2.78. The minimum atomic E-state index is -0.666. The minimum Gasteiger partial charge on any atom is -0.472 e. The van der Waals surface area contributed by atoms with Crippen molar-refractivity contribution in [2.75, 3.05) is 13.1 Å². The van der Waals surface area contributed by atoms with E-state index in [0.717, 1.165) is 53.9 Å². The molecule has 1 amide bonds. The highest BCUT2D eigenvalue weighted by Gasteiger charge is 2.44. The average molecular weight is 440 g/mol. The van der Waals surface area contributed by atoms with Crippen molar-refractivity contribution in [3.05, 3.63) is 46.9 Å². The highest BCUT2D eigenvalue weighted by Crippen LogP contribution is 2.40. The molecule has 1 aliphatic heterocycles. The van der Waals surface area contributed by atoms with E-state index in [1.807, 2.05) is 24.6 Å². The SMILES string of the molecule is Cc1nc(OCc2ccc(CN3CC4CCC(OC(N)=O)C4C3)nc2)c2ccsc2n1. The smallest absolute Gasteiger partial charge is 0.404 e. The fourth-order valence-electron chi connectivity index (χ4n) is 4.79. The van der Waals surface area contributed by atoms with Gasteiger partial charge < -0.3 is 15.2 Å². The zero-order valence-corrected chi connectivity index (χ0v) is 18.2. The summed E-state index contributed by atoms with van der Waals surface area (Å²) in [6.07, 6.45) is 3.16. The zero-order valence-electron chi connectivity index (χ0n) is 17.4. The monoisotopic (exact) mass is 439 g/mol. The molecule has 0 aromatic carbocycles. The van der Waals surface area contributed by atoms with Gasteiger partial charge in [-0.05, 0) is 43.2 Å². The predicted octanol–water partition coefficient (Wildman–Crippen LogP) is 3.28. The third-order valence-corrected chi connectivity index (χ3v) is 6.99. The number of pyridine rings is 1. The number of aromatic nitrogens is 3. The van der Waals surface area contributed by atoms with Crippen LogP contribution in [0.4, 0.5) is 4.79 Å². The van der Waals surface area contributed by atoms with E-state index in [1.54, 1.807) is 11.3 Å². The molecule has 2 aliphatic rings. The number of fused-ring (bicyclic) bond motifs is 2. The Labute approximate surface area is 184 Å². The number of likely N-dealkylation sites (tertiary alicyclic amines) is 1. The summed E-state index contributed by atoms with van der Waals surface area (Å²) >= 11 is 1.58. The number of aryl methyl sites for hydroxylation is 1. The van der Waals surface area contributed by atoms with Gasteiger partial charge in [0.25, 0.3) is 0 Å². The highest BCUT2D eigenvalue weighted by atomic mass is 32.1. The fourth-order valence-corrected chi connectivity index (χ4v) is 5.59. The maximum absolute atomic E-state index is 11.1.